The van der Waals surface area contributed by atoms with Crippen LogP contribution in [0.5, 0.6) is 0 Å². The lowest BCUT2D eigenvalue weighted by atomic mass is 9.95. The lowest BCUT2D eigenvalue weighted by molar-refractivity contribution is -0.134. The van der Waals surface area contributed by atoms with Gasteiger partial charge in [0.25, 0.3) is 0 Å². The number of carbonyl (C=O) groups is 1. The molecule has 0 radical (unpaired) electrons. The summed E-state index contributed by atoms with van der Waals surface area (Å²) in [5.41, 5.74) is 5.58. The van der Waals surface area contributed by atoms with Crippen LogP contribution >= 0.6 is 0 Å². The van der Waals surface area contributed by atoms with Gasteiger partial charge >= 0.3 is 0 Å². The Morgan fingerprint density at radius 1 is 1.65 bits per heavy atom. The number of nitrogens with zero attached hydrogens (tertiary/aromatic N) is 1. The molecule has 0 saturated carbocycles. The van der Waals surface area contributed by atoms with E-state index < -0.39 is 0 Å². The predicted molar refractivity (Wildman–Crippen MR) is 64.2 cm³/mol. The predicted octanol–water partition coefficient (Wildman–Crippen LogP) is 0.317. The standard InChI is InChI=1S/C12H19N3O2/c1-12(2)8-14-11(16)10(6-13)15(12)7-9-4-3-5-17-9/h3-5,10H,6-8,13H2,1-2H3,(H,14,16). The molecule has 0 aromatic carbocycles. The summed E-state index contributed by atoms with van der Waals surface area (Å²) in [4.78, 5) is 13.9. The second-order valence-electron chi connectivity index (χ2n) is 4.99. The average molecular weight is 237 g/mol. The van der Waals surface area contributed by atoms with Crippen molar-refractivity contribution in [3.05, 3.63) is 24.2 Å². The minimum absolute atomic E-state index is 0.00150. The van der Waals surface area contributed by atoms with Crippen molar-refractivity contribution in [2.75, 3.05) is 13.1 Å². The summed E-state index contributed by atoms with van der Waals surface area (Å²) in [5, 5.41) is 2.89. The number of amides is 1. The number of piperazine rings is 1. The first-order chi connectivity index (χ1) is 8.04. The fraction of sp³-hybridized carbons (Fsp3) is 0.583. The van der Waals surface area contributed by atoms with Crippen molar-refractivity contribution < 1.29 is 9.21 Å². The van der Waals surface area contributed by atoms with Crippen LogP contribution in [-0.4, -0.2) is 35.5 Å². The molecule has 2 rings (SSSR count). The molecule has 1 fully saturated rings. The Bertz CT molecular complexity index is 386. The summed E-state index contributed by atoms with van der Waals surface area (Å²) >= 11 is 0. The number of furan rings is 1. The fourth-order valence-electron chi connectivity index (χ4n) is 2.22. The first-order valence-corrected chi connectivity index (χ1v) is 5.81. The van der Waals surface area contributed by atoms with Crippen LogP contribution in [0.25, 0.3) is 0 Å². The van der Waals surface area contributed by atoms with Gasteiger partial charge in [0.15, 0.2) is 0 Å². The third-order valence-electron chi connectivity index (χ3n) is 3.28. The van der Waals surface area contributed by atoms with Crippen molar-refractivity contribution in [2.45, 2.75) is 32.0 Å². The van der Waals surface area contributed by atoms with Gasteiger partial charge in [0.05, 0.1) is 12.8 Å². The molecule has 5 heteroatoms. The van der Waals surface area contributed by atoms with Crippen molar-refractivity contribution in [1.82, 2.24) is 10.2 Å². The maximum absolute atomic E-state index is 11.8. The smallest absolute Gasteiger partial charge is 0.238 e. The first kappa shape index (κ1) is 12.1. The van der Waals surface area contributed by atoms with E-state index in [9.17, 15) is 4.79 Å². The molecule has 1 aliphatic rings. The van der Waals surface area contributed by atoms with Gasteiger partial charge in [0, 0.05) is 18.6 Å². The van der Waals surface area contributed by atoms with E-state index in [1.54, 1.807) is 6.26 Å². The van der Waals surface area contributed by atoms with E-state index in [1.807, 2.05) is 12.1 Å². The molecule has 3 N–H and O–H groups in total. The van der Waals surface area contributed by atoms with E-state index in [1.165, 1.54) is 0 Å². The van der Waals surface area contributed by atoms with Gasteiger partial charge in [-0.05, 0) is 26.0 Å². The van der Waals surface area contributed by atoms with Crippen molar-refractivity contribution in [2.24, 2.45) is 5.73 Å². The Morgan fingerprint density at radius 2 is 2.41 bits per heavy atom. The minimum atomic E-state index is -0.288. The van der Waals surface area contributed by atoms with Crippen LogP contribution in [0.1, 0.15) is 19.6 Å². The SMILES string of the molecule is CC1(C)CNC(=O)C(CN)N1Cc1ccco1. The quantitative estimate of drug-likeness (QED) is 0.794. The minimum Gasteiger partial charge on any atom is -0.468 e. The van der Waals surface area contributed by atoms with Gasteiger partial charge in [-0.3, -0.25) is 9.69 Å². The molecule has 0 spiro atoms. The molecule has 0 aliphatic carbocycles. The molecule has 1 unspecified atom stereocenters. The summed E-state index contributed by atoms with van der Waals surface area (Å²) in [6.07, 6.45) is 1.64. The zero-order valence-corrected chi connectivity index (χ0v) is 10.3. The Hall–Kier alpha value is -1.33. The number of nitrogens with two attached hydrogens (primary N) is 1. The molecule has 0 bridgehead atoms. The van der Waals surface area contributed by atoms with Crippen molar-refractivity contribution in [3.8, 4) is 0 Å². The summed E-state index contributed by atoms with van der Waals surface area (Å²) < 4.78 is 5.34. The van der Waals surface area contributed by atoms with E-state index in [0.29, 0.717) is 19.6 Å². The third kappa shape index (κ3) is 2.35. The highest BCUT2D eigenvalue weighted by Crippen LogP contribution is 2.23. The van der Waals surface area contributed by atoms with Gasteiger partial charge in [-0.1, -0.05) is 0 Å². The third-order valence-corrected chi connectivity index (χ3v) is 3.28. The zero-order valence-electron chi connectivity index (χ0n) is 10.3. The summed E-state index contributed by atoms with van der Waals surface area (Å²) in [6, 6.07) is 3.48. The topological polar surface area (TPSA) is 71.5 Å². The van der Waals surface area contributed by atoms with Crippen LogP contribution in [0, 0.1) is 0 Å². The zero-order chi connectivity index (χ0) is 12.5. The molecule has 1 aromatic rings. The van der Waals surface area contributed by atoms with Crippen LogP contribution in [0.2, 0.25) is 0 Å². The molecule has 1 aromatic heterocycles. The molecule has 2 heterocycles. The number of nitrogens with one attached hydrogen (secondary N) is 1. The van der Waals surface area contributed by atoms with Crippen LogP contribution in [-0.2, 0) is 11.3 Å². The van der Waals surface area contributed by atoms with Gasteiger partial charge in [-0.15, -0.1) is 0 Å². The molecule has 1 atom stereocenters. The number of hydrogen-bond donors (Lipinski definition) is 2. The second-order valence-corrected chi connectivity index (χ2v) is 4.99. The van der Waals surface area contributed by atoms with E-state index >= 15 is 0 Å². The number of rotatable bonds is 3. The van der Waals surface area contributed by atoms with Crippen LogP contribution in [0.15, 0.2) is 22.8 Å². The van der Waals surface area contributed by atoms with Crippen molar-refractivity contribution >= 4 is 5.91 Å². The van der Waals surface area contributed by atoms with Gasteiger partial charge in [-0.25, -0.2) is 0 Å². The van der Waals surface area contributed by atoms with Crippen LogP contribution < -0.4 is 11.1 Å². The molecular weight excluding hydrogens is 218 g/mol. The summed E-state index contributed by atoms with van der Waals surface area (Å²) in [7, 11) is 0. The Kier molecular flexibility index (Phi) is 3.22. The Morgan fingerprint density at radius 3 is 3.00 bits per heavy atom. The molecule has 94 valence electrons. The molecule has 5 nitrogen and oxygen atoms in total. The van der Waals surface area contributed by atoms with E-state index in [2.05, 4.69) is 24.1 Å². The molecule has 17 heavy (non-hydrogen) atoms. The monoisotopic (exact) mass is 237 g/mol. The number of hydrogen-bond acceptors (Lipinski definition) is 4. The Balaban J connectivity index is 2.21. The summed E-state index contributed by atoms with van der Waals surface area (Å²) in [5.74, 6) is 0.851. The largest absolute Gasteiger partial charge is 0.468 e. The fourth-order valence-corrected chi connectivity index (χ4v) is 2.22. The lowest BCUT2D eigenvalue weighted by Gasteiger charge is -2.46. The highest BCUT2D eigenvalue weighted by Gasteiger charge is 2.40. The lowest BCUT2D eigenvalue weighted by Crippen LogP contribution is -2.66. The summed E-state index contributed by atoms with van der Waals surface area (Å²) in [6.45, 7) is 5.74. The van der Waals surface area contributed by atoms with Crippen molar-refractivity contribution in [3.63, 3.8) is 0 Å². The highest BCUT2D eigenvalue weighted by molar-refractivity contribution is 5.83. The first-order valence-electron chi connectivity index (χ1n) is 5.81. The van der Waals surface area contributed by atoms with Gasteiger partial charge in [0.1, 0.15) is 11.8 Å². The molecule has 1 amide bonds. The highest BCUT2D eigenvalue weighted by atomic mass is 16.3. The average Bonchev–Trinajstić information content (AvgIpc) is 2.77. The molecule has 1 saturated heterocycles. The molecular formula is C12H19N3O2. The maximum atomic E-state index is 11.8. The Labute approximate surface area is 101 Å². The number of carbonyl (C=O) groups excluding carboxylic acids is 1. The van der Waals surface area contributed by atoms with Crippen LogP contribution in [0.4, 0.5) is 0 Å². The van der Waals surface area contributed by atoms with E-state index in [4.69, 9.17) is 10.2 Å². The van der Waals surface area contributed by atoms with E-state index in [-0.39, 0.29) is 17.5 Å². The maximum Gasteiger partial charge on any atom is 0.238 e. The molecule has 1 aliphatic heterocycles. The van der Waals surface area contributed by atoms with Gasteiger partial charge < -0.3 is 15.5 Å². The van der Waals surface area contributed by atoms with E-state index in [0.717, 1.165) is 5.76 Å². The normalized spacial score (nSPS) is 24.6. The van der Waals surface area contributed by atoms with Gasteiger partial charge in [0.2, 0.25) is 5.91 Å². The van der Waals surface area contributed by atoms with Crippen molar-refractivity contribution in [1.29, 1.82) is 0 Å². The van der Waals surface area contributed by atoms with Gasteiger partial charge in [-0.2, -0.15) is 0 Å². The second kappa shape index (κ2) is 4.50. The van der Waals surface area contributed by atoms with Crippen LogP contribution in [0.3, 0.4) is 0 Å².